The van der Waals surface area contributed by atoms with Gasteiger partial charge >= 0.3 is 6.09 Å². The monoisotopic (exact) mass is 536 g/mol. The van der Waals surface area contributed by atoms with Gasteiger partial charge < -0.3 is 15.0 Å². The number of benzene rings is 2. The van der Waals surface area contributed by atoms with Crippen molar-refractivity contribution < 1.29 is 36.3 Å². The molecule has 1 N–H and O–H groups in total. The lowest BCUT2D eigenvalue weighted by Gasteiger charge is -2.34. The van der Waals surface area contributed by atoms with Crippen LogP contribution in [0.1, 0.15) is 55.6 Å². The highest BCUT2D eigenvalue weighted by Gasteiger charge is 2.33. The quantitative estimate of drug-likeness (QED) is 0.331. The van der Waals surface area contributed by atoms with Gasteiger partial charge in [0.25, 0.3) is 5.91 Å². The number of likely N-dealkylation sites (tertiary alicyclic amines) is 1. The third-order valence-electron chi connectivity index (χ3n) is 5.99. The van der Waals surface area contributed by atoms with E-state index in [9.17, 15) is 31.5 Å². The summed E-state index contributed by atoms with van der Waals surface area (Å²) in [7, 11) is 0. The van der Waals surface area contributed by atoms with Crippen molar-refractivity contribution in [3.63, 3.8) is 0 Å². The molecule has 0 saturated carbocycles. The second-order valence-electron chi connectivity index (χ2n) is 9.87. The molecule has 1 aliphatic heterocycles. The third kappa shape index (κ3) is 5.63. The van der Waals surface area contributed by atoms with Crippen LogP contribution in [0.15, 0.2) is 36.5 Å². The lowest BCUT2D eigenvalue weighted by molar-refractivity contribution is 0.0203. The SMILES string of the molecule is CC(C)(C)OC(=O)N1CCC(c2c(C(=O)Nc3c(F)c(F)cc(F)c3F)cnn2-c2cccc(F)c2)CC1. The van der Waals surface area contributed by atoms with Gasteiger partial charge in [-0.25, -0.2) is 31.4 Å². The molecule has 7 nitrogen and oxygen atoms in total. The van der Waals surface area contributed by atoms with Crippen LogP contribution < -0.4 is 5.32 Å². The van der Waals surface area contributed by atoms with Crippen LogP contribution in [0.25, 0.3) is 5.69 Å². The van der Waals surface area contributed by atoms with Crippen molar-refractivity contribution in [1.82, 2.24) is 14.7 Å². The van der Waals surface area contributed by atoms with Gasteiger partial charge in [0, 0.05) is 25.1 Å². The van der Waals surface area contributed by atoms with Crippen molar-refractivity contribution in [2.75, 3.05) is 18.4 Å². The Labute approximate surface area is 215 Å². The lowest BCUT2D eigenvalue weighted by Crippen LogP contribution is -2.41. The summed E-state index contributed by atoms with van der Waals surface area (Å²) in [5.74, 6) is -8.90. The Morgan fingerprint density at radius 2 is 1.63 bits per heavy atom. The number of rotatable bonds is 4. The van der Waals surface area contributed by atoms with Gasteiger partial charge in [0.15, 0.2) is 23.3 Å². The molecule has 1 aromatic heterocycles. The van der Waals surface area contributed by atoms with Crippen LogP contribution in [0.5, 0.6) is 0 Å². The zero-order valence-corrected chi connectivity index (χ0v) is 20.8. The van der Waals surface area contributed by atoms with E-state index in [0.29, 0.717) is 12.8 Å². The maximum absolute atomic E-state index is 14.2. The minimum atomic E-state index is -1.76. The van der Waals surface area contributed by atoms with E-state index in [1.807, 2.05) is 5.32 Å². The smallest absolute Gasteiger partial charge is 0.410 e. The molecule has 2 amide bonds. The number of carbonyl (C=O) groups excluding carboxylic acids is 2. The average molecular weight is 537 g/mol. The summed E-state index contributed by atoms with van der Waals surface area (Å²) in [5.41, 5.74) is -1.53. The summed E-state index contributed by atoms with van der Waals surface area (Å²) >= 11 is 0. The highest BCUT2D eigenvalue weighted by Crippen LogP contribution is 2.34. The van der Waals surface area contributed by atoms with Crippen LogP contribution in [0.2, 0.25) is 0 Å². The summed E-state index contributed by atoms with van der Waals surface area (Å²) in [5, 5.41) is 6.10. The molecule has 1 saturated heterocycles. The number of aromatic nitrogens is 2. The first kappa shape index (κ1) is 27.1. The van der Waals surface area contributed by atoms with Crippen LogP contribution in [0, 0.1) is 29.1 Å². The molecule has 3 aromatic rings. The number of halogens is 5. The van der Waals surface area contributed by atoms with E-state index in [-0.39, 0.29) is 42.0 Å². The number of piperidine rings is 1. The number of amides is 2. The third-order valence-corrected chi connectivity index (χ3v) is 5.99. The van der Waals surface area contributed by atoms with Gasteiger partial charge in [-0.3, -0.25) is 4.79 Å². The van der Waals surface area contributed by atoms with Crippen molar-refractivity contribution in [3.8, 4) is 5.69 Å². The summed E-state index contributed by atoms with van der Waals surface area (Å²) in [4.78, 5) is 27.1. The fraction of sp³-hybridized carbons (Fsp3) is 0.346. The predicted molar refractivity (Wildman–Crippen MR) is 128 cm³/mol. The Kier molecular flexibility index (Phi) is 7.43. The van der Waals surface area contributed by atoms with Crippen LogP contribution >= 0.6 is 0 Å². The number of hydrogen-bond acceptors (Lipinski definition) is 4. The minimum Gasteiger partial charge on any atom is -0.444 e. The maximum Gasteiger partial charge on any atom is 0.410 e. The highest BCUT2D eigenvalue weighted by atomic mass is 19.2. The lowest BCUT2D eigenvalue weighted by atomic mass is 9.90. The summed E-state index contributed by atoms with van der Waals surface area (Å²) in [6.07, 6.45) is 1.35. The zero-order chi connectivity index (χ0) is 27.8. The molecule has 0 aliphatic carbocycles. The Morgan fingerprint density at radius 1 is 1.00 bits per heavy atom. The van der Waals surface area contributed by atoms with Crippen molar-refractivity contribution >= 4 is 17.7 Å². The minimum absolute atomic E-state index is 0.0339. The number of nitrogens with zero attached hydrogens (tertiary/aromatic N) is 3. The second-order valence-corrected chi connectivity index (χ2v) is 9.87. The Balaban J connectivity index is 1.67. The second kappa shape index (κ2) is 10.4. The fourth-order valence-electron chi connectivity index (χ4n) is 4.27. The molecular formula is C26H25F5N4O3. The first-order chi connectivity index (χ1) is 17.9. The first-order valence-corrected chi connectivity index (χ1v) is 11.8. The standard InChI is InChI=1S/C26H25F5N4O3/c1-26(2,3)38-25(37)34-9-7-14(8-10-34)23-17(13-32-35(23)16-6-4-5-15(27)11-16)24(36)33-22-20(30)18(28)12-19(29)21(22)31/h4-6,11-14H,7-10H2,1-3H3,(H,33,36). The molecule has 2 heterocycles. The van der Waals surface area contributed by atoms with Crippen LogP contribution in [0.4, 0.5) is 32.4 Å². The molecule has 0 atom stereocenters. The van der Waals surface area contributed by atoms with Crippen LogP contribution in [-0.4, -0.2) is 45.4 Å². The van der Waals surface area contributed by atoms with Crippen molar-refractivity contribution in [1.29, 1.82) is 0 Å². The molecule has 12 heteroatoms. The highest BCUT2D eigenvalue weighted by molar-refractivity contribution is 6.05. The fourth-order valence-corrected chi connectivity index (χ4v) is 4.27. The predicted octanol–water partition coefficient (Wildman–Crippen LogP) is 5.93. The topological polar surface area (TPSA) is 76.5 Å². The average Bonchev–Trinajstić information content (AvgIpc) is 3.30. The van der Waals surface area contributed by atoms with E-state index < -0.39 is 52.4 Å². The van der Waals surface area contributed by atoms with E-state index >= 15 is 0 Å². The number of anilines is 1. The molecule has 0 spiro atoms. The number of hydrogen-bond donors (Lipinski definition) is 1. The van der Waals surface area contributed by atoms with Crippen LogP contribution in [0.3, 0.4) is 0 Å². The van der Waals surface area contributed by atoms with Crippen molar-refractivity contribution in [3.05, 3.63) is 76.9 Å². The van der Waals surface area contributed by atoms with Gasteiger partial charge in [-0.2, -0.15) is 5.10 Å². The zero-order valence-electron chi connectivity index (χ0n) is 20.8. The van der Waals surface area contributed by atoms with Gasteiger partial charge in [-0.05, 0) is 51.8 Å². The van der Waals surface area contributed by atoms with Gasteiger partial charge in [0.2, 0.25) is 0 Å². The van der Waals surface area contributed by atoms with Crippen molar-refractivity contribution in [2.45, 2.75) is 45.1 Å². The molecule has 0 unspecified atom stereocenters. The van der Waals surface area contributed by atoms with Gasteiger partial charge in [-0.1, -0.05) is 6.07 Å². The van der Waals surface area contributed by atoms with Gasteiger partial charge in [0.05, 0.1) is 23.1 Å². The molecule has 1 fully saturated rings. The Hall–Kier alpha value is -3.96. The van der Waals surface area contributed by atoms with E-state index in [4.69, 9.17) is 4.74 Å². The van der Waals surface area contributed by atoms with Crippen molar-refractivity contribution in [2.24, 2.45) is 0 Å². The van der Waals surface area contributed by atoms with E-state index in [1.165, 1.54) is 27.8 Å². The van der Waals surface area contributed by atoms with Crippen LogP contribution in [-0.2, 0) is 4.74 Å². The molecule has 0 bridgehead atoms. The maximum atomic E-state index is 14.2. The molecule has 202 valence electrons. The summed E-state index contributed by atoms with van der Waals surface area (Å²) < 4.78 is 76.5. The molecule has 0 radical (unpaired) electrons. The normalized spacial score (nSPS) is 14.5. The summed E-state index contributed by atoms with van der Waals surface area (Å²) in [6.45, 7) is 5.78. The summed E-state index contributed by atoms with van der Waals surface area (Å²) in [6, 6.07) is 5.45. The van der Waals surface area contributed by atoms with Gasteiger partial charge in [0.1, 0.15) is 17.1 Å². The van der Waals surface area contributed by atoms with E-state index in [0.717, 1.165) is 6.20 Å². The van der Waals surface area contributed by atoms with E-state index in [2.05, 4.69) is 5.10 Å². The molecule has 1 aliphatic rings. The van der Waals surface area contributed by atoms with E-state index in [1.54, 1.807) is 26.8 Å². The van der Waals surface area contributed by atoms with Gasteiger partial charge in [-0.15, -0.1) is 0 Å². The first-order valence-electron chi connectivity index (χ1n) is 11.8. The number of ether oxygens (including phenoxy) is 1. The molecule has 4 rings (SSSR count). The molecular weight excluding hydrogens is 511 g/mol. The number of carbonyl (C=O) groups is 2. The molecule has 38 heavy (non-hydrogen) atoms. The molecule has 2 aromatic carbocycles. The Morgan fingerprint density at radius 3 is 2.21 bits per heavy atom. The largest absolute Gasteiger partial charge is 0.444 e. The number of nitrogens with one attached hydrogen (secondary N) is 1. The Bertz CT molecular complexity index is 1350.